The summed E-state index contributed by atoms with van der Waals surface area (Å²) in [6, 6.07) is 0. The van der Waals surface area contributed by atoms with E-state index in [1.54, 1.807) is 0 Å². The summed E-state index contributed by atoms with van der Waals surface area (Å²) in [5, 5.41) is 0. The molecule has 0 spiro atoms. The van der Waals surface area contributed by atoms with Crippen LogP contribution < -0.4 is 0 Å². The first-order chi connectivity index (χ1) is 11.0. The second-order valence-corrected chi connectivity index (χ2v) is 7.01. The van der Waals surface area contributed by atoms with E-state index in [0.717, 1.165) is 26.1 Å². The minimum Gasteiger partial charge on any atom is -0.237 e. The molecule has 22 heavy (non-hydrogen) atoms. The molecule has 0 aliphatic carbocycles. The molecular formula is C20H40O2. The van der Waals surface area contributed by atoms with Crippen molar-refractivity contribution in [2.24, 2.45) is 0 Å². The molecular weight excluding hydrogens is 272 g/mol. The smallest absolute Gasteiger partial charge is 0.0822 e. The van der Waals surface area contributed by atoms with E-state index in [1.807, 2.05) is 0 Å². The van der Waals surface area contributed by atoms with Gasteiger partial charge in [-0.15, -0.1) is 0 Å². The average Bonchev–Trinajstić information content (AvgIpc) is 2.53. The largest absolute Gasteiger partial charge is 0.237 e. The van der Waals surface area contributed by atoms with E-state index in [2.05, 4.69) is 0 Å². The van der Waals surface area contributed by atoms with Crippen molar-refractivity contribution < 1.29 is 9.78 Å². The molecule has 0 unspecified atom stereocenters. The van der Waals surface area contributed by atoms with Crippen molar-refractivity contribution in [3.63, 3.8) is 0 Å². The summed E-state index contributed by atoms with van der Waals surface area (Å²) >= 11 is 0. The van der Waals surface area contributed by atoms with Gasteiger partial charge in [-0.3, -0.25) is 0 Å². The predicted molar refractivity (Wildman–Crippen MR) is 95.0 cm³/mol. The van der Waals surface area contributed by atoms with Crippen molar-refractivity contribution in [1.82, 2.24) is 0 Å². The summed E-state index contributed by atoms with van der Waals surface area (Å²) in [6.45, 7) is 1.56. The Balaban J connectivity index is 2.00. The van der Waals surface area contributed by atoms with Crippen LogP contribution in [0.5, 0.6) is 0 Å². The summed E-state index contributed by atoms with van der Waals surface area (Å²) < 4.78 is 0. The van der Waals surface area contributed by atoms with Gasteiger partial charge in [0.1, 0.15) is 0 Å². The molecule has 1 rings (SSSR count). The minimum absolute atomic E-state index is 0.778. The predicted octanol–water partition coefficient (Wildman–Crippen LogP) is 6.97. The zero-order valence-corrected chi connectivity index (χ0v) is 15.0. The van der Waals surface area contributed by atoms with Gasteiger partial charge in [-0.05, 0) is 12.8 Å². The molecule has 0 radical (unpaired) electrons. The van der Waals surface area contributed by atoms with E-state index in [0.29, 0.717) is 0 Å². The SMILES string of the molecule is C1CCCCCCCCCCOOCCCCCCCCC1. The molecule has 1 aliphatic heterocycles. The third-order valence-electron chi connectivity index (χ3n) is 4.79. The molecule has 0 amide bonds. The lowest BCUT2D eigenvalue weighted by atomic mass is 10.0. The Morgan fingerprint density at radius 1 is 0.227 bits per heavy atom. The van der Waals surface area contributed by atoms with Crippen LogP contribution in [0.4, 0.5) is 0 Å². The van der Waals surface area contributed by atoms with Crippen molar-refractivity contribution in [1.29, 1.82) is 0 Å². The van der Waals surface area contributed by atoms with E-state index in [-0.39, 0.29) is 0 Å². The van der Waals surface area contributed by atoms with Crippen LogP contribution in [0.15, 0.2) is 0 Å². The molecule has 1 fully saturated rings. The van der Waals surface area contributed by atoms with Crippen molar-refractivity contribution in [3.8, 4) is 0 Å². The van der Waals surface area contributed by atoms with Crippen LogP contribution in [-0.2, 0) is 9.78 Å². The topological polar surface area (TPSA) is 18.5 Å². The van der Waals surface area contributed by atoms with Crippen LogP contribution in [0.1, 0.15) is 116 Å². The van der Waals surface area contributed by atoms with Gasteiger partial charge in [0.05, 0.1) is 13.2 Å². The third kappa shape index (κ3) is 14.8. The van der Waals surface area contributed by atoms with Gasteiger partial charge in [0.25, 0.3) is 0 Å². The molecule has 0 N–H and O–H groups in total. The summed E-state index contributed by atoms with van der Waals surface area (Å²) in [4.78, 5) is 10.5. The quantitative estimate of drug-likeness (QED) is 0.450. The number of hydrogen-bond acceptors (Lipinski definition) is 2. The molecule has 0 aromatic rings. The first-order valence-corrected chi connectivity index (χ1v) is 10.2. The Hall–Kier alpha value is -0.0800. The molecule has 0 aromatic carbocycles. The number of hydrogen-bond donors (Lipinski definition) is 0. The van der Waals surface area contributed by atoms with Gasteiger partial charge in [-0.25, -0.2) is 9.78 Å². The maximum atomic E-state index is 5.25. The maximum absolute atomic E-state index is 5.25. The van der Waals surface area contributed by atoms with Crippen LogP contribution in [-0.4, -0.2) is 13.2 Å². The van der Waals surface area contributed by atoms with Gasteiger partial charge in [0.15, 0.2) is 0 Å². The molecule has 0 saturated carbocycles. The highest BCUT2D eigenvalue weighted by atomic mass is 17.2. The Morgan fingerprint density at radius 2 is 0.409 bits per heavy atom. The van der Waals surface area contributed by atoms with E-state index in [4.69, 9.17) is 9.78 Å². The molecule has 2 heteroatoms. The van der Waals surface area contributed by atoms with Gasteiger partial charge in [0.2, 0.25) is 0 Å². The molecule has 1 saturated heterocycles. The zero-order chi connectivity index (χ0) is 15.6. The molecule has 0 atom stereocenters. The highest BCUT2D eigenvalue weighted by Gasteiger charge is 1.97. The van der Waals surface area contributed by atoms with Gasteiger partial charge < -0.3 is 0 Å². The van der Waals surface area contributed by atoms with Gasteiger partial charge in [-0.1, -0.05) is 103 Å². The Bertz CT molecular complexity index is 108. The number of rotatable bonds is 0. The van der Waals surface area contributed by atoms with Crippen LogP contribution >= 0.6 is 0 Å². The van der Waals surface area contributed by atoms with E-state index in [1.165, 1.54) is 103 Å². The minimum atomic E-state index is 0.778. The van der Waals surface area contributed by atoms with Gasteiger partial charge in [0, 0.05) is 0 Å². The third-order valence-corrected chi connectivity index (χ3v) is 4.79. The van der Waals surface area contributed by atoms with Crippen molar-refractivity contribution in [2.75, 3.05) is 13.2 Å². The second-order valence-electron chi connectivity index (χ2n) is 7.01. The monoisotopic (exact) mass is 312 g/mol. The van der Waals surface area contributed by atoms with Crippen molar-refractivity contribution in [3.05, 3.63) is 0 Å². The first-order valence-electron chi connectivity index (χ1n) is 10.2. The van der Waals surface area contributed by atoms with Crippen LogP contribution in [0.3, 0.4) is 0 Å². The molecule has 132 valence electrons. The summed E-state index contributed by atoms with van der Waals surface area (Å²) in [5.41, 5.74) is 0. The van der Waals surface area contributed by atoms with Gasteiger partial charge >= 0.3 is 0 Å². The van der Waals surface area contributed by atoms with E-state index in [9.17, 15) is 0 Å². The summed E-state index contributed by atoms with van der Waals surface area (Å²) in [7, 11) is 0. The maximum Gasteiger partial charge on any atom is 0.0822 e. The Labute approximate surface area is 139 Å². The molecule has 2 nitrogen and oxygen atoms in total. The molecule has 1 heterocycles. The Morgan fingerprint density at radius 3 is 0.636 bits per heavy atom. The summed E-state index contributed by atoms with van der Waals surface area (Å²) in [6.07, 6.45) is 25.0. The fourth-order valence-corrected chi connectivity index (χ4v) is 3.27. The van der Waals surface area contributed by atoms with Crippen molar-refractivity contribution in [2.45, 2.75) is 116 Å². The lowest BCUT2D eigenvalue weighted by Crippen LogP contribution is -1.99. The standard InChI is InChI=1S/C20H40O2/c1-2-4-6-8-10-12-14-16-18-20-22-21-19-17-15-13-11-9-7-5-3-1/h1-20H2. The highest BCUT2D eigenvalue weighted by Crippen LogP contribution is 2.14. The van der Waals surface area contributed by atoms with E-state index < -0.39 is 0 Å². The molecule has 1 aliphatic rings. The fourth-order valence-electron chi connectivity index (χ4n) is 3.27. The average molecular weight is 313 g/mol. The first kappa shape index (κ1) is 20.0. The Kier molecular flexibility index (Phi) is 15.7. The normalized spacial score (nSPS) is 24.0. The lowest BCUT2D eigenvalue weighted by molar-refractivity contribution is -0.295. The van der Waals surface area contributed by atoms with E-state index >= 15 is 0 Å². The van der Waals surface area contributed by atoms with Crippen molar-refractivity contribution >= 4 is 0 Å². The zero-order valence-electron chi connectivity index (χ0n) is 15.0. The van der Waals surface area contributed by atoms with Gasteiger partial charge in [-0.2, -0.15) is 0 Å². The molecule has 0 aromatic heterocycles. The van der Waals surface area contributed by atoms with Crippen LogP contribution in [0, 0.1) is 0 Å². The highest BCUT2D eigenvalue weighted by molar-refractivity contribution is 4.50. The van der Waals surface area contributed by atoms with Crippen LogP contribution in [0.25, 0.3) is 0 Å². The fraction of sp³-hybridized carbons (Fsp3) is 1.00. The van der Waals surface area contributed by atoms with Crippen LogP contribution in [0.2, 0.25) is 0 Å². The summed E-state index contributed by atoms with van der Waals surface area (Å²) in [5.74, 6) is 0. The second kappa shape index (κ2) is 17.3. The lowest BCUT2D eigenvalue weighted by Gasteiger charge is -2.06. The molecule has 0 bridgehead atoms.